The number of rotatable bonds is 21. The fraction of sp³-hybridized carbons (Fsp3) is 0.465. The first-order valence-corrected chi connectivity index (χ1v) is 25.3. The maximum Gasteiger partial charge on any atom is 0.357 e. The summed E-state index contributed by atoms with van der Waals surface area (Å²) >= 11 is 3.00. The van der Waals surface area contributed by atoms with Crippen LogP contribution in [0.15, 0.2) is 53.5 Å². The molecule has 16 heteroatoms. The number of anilines is 2. The summed E-state index contributed by atoms with van der Waals surface area (Å²) in [6, 6.07) is 16.0. The fourth-order valence-corrected chi connectivity index (χ4v) is 8.81. The van der Waals surface area contributed by atoms with Crippen molar-refractivity contribution in [1.29, 1.82) is 0 Å². The second-order valence-corrected chi connectivity index (χ2v) is 23.4. The first-order valence-electron chi connectivity index (χ1n) is 20.0. The molecule has 12 nitrogen and oxygen atoms in total. The van der Waals surface area contributed by atoms with Crippen LogP contribution in [0.25, 0.3) is 10.2 Å². The van der Waals surface area contributed by atoms with Crippen LogP contribution in [0.3, 0.4) is 0 Å². The highest BCUT2D eigenvalue weighted by molar-refractivity contribution is 7.16. The highest BCUT2D eigenvalue weighted by Crippen LogP contribution is 2.34. The Morgan fingerprint density at radius 3 is 2.58 bits per heavy atom. The van der Waals surface area contributed by atoms with E-state index in [1.807, 2.05) is 56.1 Å². The van der Waals surface area contributed by atoms with Gasteiger partial charge in [0.15, 0.2) is 38.8 Å². The molecule has 0 amide bonds. The molecule has 3 heterocycles. The molecule has 2 aromatic carbocycles. The summed E-state index contributed by atoms with van der Waals surface area (Å²) in [7, 11) is 5.92. The molecule has 0 unspecified atom stereocenters. The van der Waals surface area contributed by atoms with Crippen molar-refractivity contribution < 1.29 is 23.4 Å². The van der Waals surface area contributed by atoms with Gasteiger partial charge in [-0.1, -0.05) is 61.4 Å². The molecule has 59 heavy (non-hydrogen) atoms. The summed E-state index contributed by atoms with van der Waals surface area (Å²) in [6.45, 7) is 12.5. The maximum atomic E-state index is 14.8. The molecule has 3 aromatic heterocycles. The van der Waals surface area contributed by atoms with Crippen LogP contribution in [-0.4, -0.2) is 99.8 Å². The van der Waals surface area contributed by atoms with Gasteiger partial charge in [0.1, 0.15) is 6.73 Å². The highest BCUT2D eigenvalue weighted by Gasteiger charge is 2.24. The van der Waals surface area contributed by atoms with Crippen LogP contribution in [0.1, 0.15) is 52.2 Å². The summed E-state index contributed by atoms with van der Waals surface area (Å²) in [5.74, 6) is 6.28. The number of unbranched alkanes of at least 4 members (excludes halogenated alkanes) is 2. The number of aromatic nitrogens is 4. The largest absolute Gasteiger partial charge is 0.491 e. The molecule has 0 aliphatic rings. The first-order chi connectivity index (χ1) is 28.4. The number of hydrogen-bond donors (Lipinski definition) is 1. The number of benzene rings is 2. The summed E-state index contributed by atoms with van der Waals surface area (Å²) < 4.78 is 35.2. The molecule has 316 valence electrons. The van der Waals surface area contributed by atoms with Crippen molar-refractivity contribution in [3.05, 3.63) is 80.8 Å². The fourth-order valence-electron chi connectivity index (χ4n) is 5.91. The van der Waals surface area contributed by atoms with Crippen LogP contribution in [0.4, 0.5) is 21.2 Å². The lowest BCUT2D eigenvalue weighted by Gasteiger charge is -2.21. The van der Waals surface area contributed by atoms with Gasteiger partial charge in [0, 0.05) is 31.7 Å². The number of ether oxygens (including phenoxy) is 3. The van der Waals surface area contributed by atoms with Gasteiger partial charge in [-0.05, 0) is 108 Å². The lowest BCUT2D eigenvalue weighted by molar-refractivity contribution is 0.0593. The zero-order valence-corrected chi connectivity index (χ0v) is 38.2. The van der Waals surface area contributed by atoms with E-state index in [1.165, 1.54) is 24.5 Å². The Hall–Kier alpha value is -4.50. The molecule has 0 saturated heterocycles. The van der Waals surface area contributed by atoms with Crippen LogP contribution in [0.2, 0.25) is 25.7 Å². The molecular formula is C43H57FN8O4S2Si. The maximum absolute atomic E-state index is 14.8. The van der Waals surface area contributed by atoms with E-state index in [1.54, 1.807) is 23.5 Å². The molecule has 0 aliphatic heterocycles. The third-order valence-corrected chi connectivity index (χ3v) is 13.1. The third kappa shape index (κ3) is 13.5. The quantitative estimate of drug-likeness (QED) is 0.0335. The van der Waals surface area contributed by atoms with E-state index in [4.69, 9.17) is 24.2 Å². The predicted molar refractivity (Wildman–Crippen MR) is 240 cm³/mol. The minimum atomic E-state index is -1.23. The van der Waals surface area contributed by atoms with Crippen molar-refractivity contribution >= 4 is 63.7 Å². The smallest absolute Gasteiger partial charge is 0.357 e. The number of aryl methyl sites for hydroxylation is 2. The molecule has 5 rings (SSSR count). The second-order valence-electron chi connectivity index (χ2n) is 15.7. The number of carbonyl (C=O) groups is 1. The number of nitrogens with zero attached hydrogens (tertiary/aromatic N) is 7. The molecule has 0 saturated carbocycles. The topological polar surface area (TPSA) is 119 Å². The van der Waals surface area contributed by atoms with Gasteiger partial charge in [0.05, 0.1) is 30.5 Å². The minimum absolute atomic E-state index is 0.155. The van der Waals surface area contributed by atoms with Gasteiger partial charge in [0.25, 0.3) is 0 Å². The number of para-hydroxylation sites is 1. The van der Waals surface area contributed by atoms with Gasteiger partial charge in [-0.25, -0.2) is 14.2 Å². The minimum Gasteiger partial charge on any atom is -0.491 e. The number of esters is 1. The van der Waals surface area contributed by atoms with Crippen molar-refractivity contribution in [3.63, 3.8) is 0 Å². The molecule has 0 aliphatic carbocycles. The molecule has 0 radical (unpaired) electrons. The van der Waals surface area contributed by atoms with Gasteiger partial charge in [0.2, 0.25) is 0 Å². The van der Waals surface area contributed by atoms with Crippen LogP contribution in [0.5, 0.6) is 5.75 Å². The summed E-state index contributed by atoms with van der Waals surface area (Å²) in [6.07, 6.45) is 3.88. The average molecular weight is 861 g/mol. The monoisotopic (exact) mass is 860 g/mol. The summed E-state index contributed by atoms with van der Waals surface area (Å²) in [4.78, 5) is 28.3. The van der Waals surface area contributed by atoms with Crippen LogP contribution < -0.4 is 19.8 Å². The van der Waals surface area contributed by atoms with Gasteiger partial charge in [-0.15, -0.1) is 21.5 Å². The van der Waals surface area contributed by atoms with Crippen molar-refractivity contribution in [1.82, 2.24) is 30.0 Å². The number of fused-ring (bicyclic) bond motifs is 1. The lowest BCUT2D eigenvalue weighted by atomic mass is 10.2. The van der Waals surface area contributed by atoms with Crippen molar-refractivity contribution in [2.75, 3.05) is 66.0 Å². The molecule has 0 atom stereocenters. The zero-order chi connectivity index (χ0) is 42.4. The molecule has 0 bridgehead atoms. The standard InChI is InChI=1S/C43H57FN8O4S2Si/c1-31-28-38(48-49-40(31)47-43-52(30-55-26-27-59(6,7)8)34-17-10-11-18-36(34)57-43)51(24-13-9-12-22-45-2)42-46-39(41(53)54-5)37(58-42)19-15-25-56-35-21-20-32(29-33(35)44)16-14-23-50(3)4/h10-11,17-18,20-21,28-29,45H,9,12-13,15,19,22-27,30H2,1-8H3. The van der Waals surface area contributed by atoms with Crippen LogP contribution in [0, 0.1) is 24.6 Å². The Morgan fingerprint density at radius 2 is 1.85 bits per heavy atom. The molecule has 0 fully saturated rings. The number of hydrogen-bond acceptors (Lipinski definition) is 13. The lowest BCUT2D eigenvalue weighted by Crippen LogP contribution is -2.23. The first kappa shape index (κ1) is 45.6. The van der Waals surface area contributed by atoms with E-state index in [2.05, 4.69) is 63.7 Å². The molecular weight excluding hydrogens is 804 g/mol. The number of halogens is 1. The van der Waals surface area contributed by atoms with E-state index in [0.29, 0.717) is 61.6 Å². The highest BCUT2D eigenvalue weighted by atomic mass is 32.1. The Labute approximate surface area is 356 Å². The van der Waals surface area contributed by atoms with Crippen molar-refractivity contribution in [2.45, 2.75) is 71.4 Å². The SMILES string of the molecule is CNCCCCCN(c1cc(C)c(N=c2sc3ccccc3n2COCC[Si](C)(C)C)nn1)c1nc(C(=O)OC)c(CCCOc2ccc(C#CCN(C)C)cc2F)s1. The van der Waals surface area contributed by atoms with E-state index in [9.17, 15) is 9.18 Å². The van der Waals surface area contributed by atoms with Gasteiger partial charge in [-0.2, -0.15) is 4.99 Å². The van der Waals surface area contributed by atoms with Gasteiger partial charge in [-0.3, -0.25) is 9.47 Å². The summed E-state index contributed by atoms with van der Waals surface area (Å²) in [5.41, 5.74) is 2.75. The van der Waals surface area contributed by atoms with E-state index < -0.39 is 19.9 Å². The van der Waals surface area contributed by atoms with Gasteiger partial charge >= 0.3 is 5.97 Å². The Balaban J connectivity index is 1.37. The Morgan fingerprint density at radius 1 is 1.03 bits per heavy atom. The number of methoxy groups -OCH3 is 1. The van der Waals surface area contributed by atoms with Crippen LogP contribution >= 0.6 is 22.7 Å². The summed E-state index contributed by atoms with van der Waals surface area (Å²) in [5, 5.41) is 13.2. The third-order valence-electron chi connectivity index (χ3n) is 9.20. The number of carbonyl (C=O) groups excluding carboxylic acids is 1. The Bertz CT molecular complexity index is 2290. The average Bonchev–Trinajstić information content (AvgIpc) is 3.78. The van der Waals surface area contributed by atoms with Crippen molar-refractivity contribution in [3.8, 4) is 17.6 Å². The van der Waals surface area contributed by atoms with Crippen molar-refractivity contribution in [2.24, 2.45) is 4.99 Å². The predicted octanol–water partition coefficient (Wildman–Crippen LogP) is 8.18. The molecule has 1 N–H and O–H groups in total. The molecule has 0 spiro atoms. The Kier molecular flexibility index (Phi) is 17.1. The van der Waals surface area contributed by atoms with E-state index in [-0.39, 0.29) is 18.1 Å². The second kappa shape index (κ2) is 22.2. The normalized spacial score (nSPS) is 11.9. The molecule has 5 aromatic rings. The van der Waals surface area contributed by atoms with Gasteiger partial charge < -0.3 is 24.4 Å². The number of nitrogens with one attached hydrogen (secondary N) is 1. The van der Waals surface area contributed by atoms with E-state index >= 15 is 0 Å². The van der Waals surface area contributed by atoms with E-state index in [0.717, 1.165) is 57.3 Å². The van der Waals surface area contributed by atoms with Crippen LogP contribution in [-0.2, 0) is 22.6 Å². The zero-order valence-electron chi connectivity index (χ0n) is 35.6. The number of thiazole rings is 2.